The third-order valence-electron chi connectivity index (χ3n) is 5.32. The molecule has 6 heteroatoms. The molecule has 142 valence electrons. The van der Waals surface area contributed by atoms with Crippen LogP contribution in [0.1, 0.15) is 51.5 Å². The first-order valence-corrected chi connectivity index (χ1v) is 9.09. The van der Waals surface area contributed by atoms with E-state index in [-0.39, 0.29) is 35.8 Å². The zero-order valence-electron chi connectivity index (χ0n) is 15.8. The number of phenols is 1. The van der Waals surface area contributed by atoms with Gasteiger partial charge in [-0.05, 0) is 57.7 Å². The smallest absolute Gasteiger partial charge is 0.410 e. The topological polar surface area (TPSA) is 76.1 Å². The van der Waals surface area contributed by atoms with E-state index in [0.29, 0.717) is 6.42 Å². The molecule has 1 aromatic carbocycles. The zero-order valence-corrected chi connectivity index (χ0v) is 15.8. The number of carbonyl (C=O) groups excluding carboxylic acids is 2. The lowest BCUT2D eigenvalue weighted by Crippen LogP contribution is -2.54. The number of esters is 1. The van der Waals surface area contributed by atoms with Gasteiger partial charge in [0.2, 0.25) is 0 Å². The standard InChI is InChI=1S/C20H27NO5/c1-20(2,3)26-19(24)21-13-7-10-16(21)17(18(23)25-4)15(11-13)12-5-8-14(22)9-6-12/h5-6,8-9,13,15-17,22H,7,10-11H2,1-4H3. The van der Waals surface area contributed by atoms with Crippen LogP contribution in [0.5, 0.6) is 5.75 Å². The summed E-state index contributed by atoms with van der Waals surface area (Å²) in [5, 5.41) is 9.55. The van der Waals surface area contributed by atoms with E-state index in [1.807, 2.05) is 32.9 Å². The number of hydrogen-bond donors (Lipinski definition) is 1. The van der Waals surface area contributed by atoms with Crippen molar-refractivity contribution in [1.29, 1.82) is 0 Å². The highest BCUT2D eigenvalue weighted by Gasteiger charge is 2.53. The van der Waals surface area contributed by atoms with Crippen molar-refractivity contribution in [3.05, 3.63) is 29.8 Å². The first-order chi connectivity index (χ1) is 12.2. The van der Waals surface area contributed by atoms with E-state index < -0.39 is 11.5 Å². The molecule has 1 amide bonds. The Bertz CT molecular complexity index is 678. The summed E-state index contributed by atoms with van der Waals surface area (Å²) in [5.41, 5.74) is 0.407. The lowest BCUT2D eigenvalue weighted by atomic mass is 9.76. The fourth-order valence-corrected chi connectivity index (χ4v) is 4.33. The summed E-state index contributed by atoms with van der Waals surface area (Å²) < 4.78 is 10.7. The van der Waals surface area contributed by atoms with Crippen LogP contribution in [-0.4, -0.2) is 46.9 Å². The third-order valence-corrected chi connectivity index (χ3v) is 5.32. The van der Waals surface area contributed by atoms with Gasteiger partial charge in [-0.15, -0.1) is 0 Å². The van der Waals surface area contributed by atoms with E-state index in [1.54, 1.807) is 17.0 Å². The van der Waals surface area contributed by atoms with Crippen LogP contribution in [0.3, 0.4) is 0 Å². The molecule has 3 rings (SSSR count). The molecule has 4 atom stereocenters. The molecule has 0 aromatic heterocycles. The molecule has 2 heterocycles. The molecular formula is C20H27NO5. The van der Waals surface area contributed by atoms with Crippen LogP contribution in [0.4, 0.5) is 4.79 Å². The Kier molecular flexibility index (Phi) is 4.86. The number of rotatable bonds is 2. The molecule has 2 fully saturated rings. The van der Waals surface area contributed by atoms with Crippen LogP contribution in [0.2, 0.25) is 0 Å². The van der Waals surface area contributed by atoms with Crippen molar-refractivity contribution in [2.24, 2.45) is 5.92 Å². The highest BCUT2D eigenvalue weighted by molar-refractivity contribution is 5.78. The monoisotopic (exact) mass is 361 g/mol. The number of amides is 1. The minimum Gasteiger partial charge on any atom is -0.508 e. The molecule has 0 aliphatic carbocycles. The van der Waals surface area contributed by atoms with Crippen molar-refractivity contribution in [2.75, 3.05) is 7.11 Å². The largest absolute Gasteiger partial charge is 0.508 e. The summed E-state index contributed by atoms with van der Waals surface area (Å²) in [7, 11) is 1.38. The van der Waals surface area contributed by atoms with Gasteiger partial charge < -0.3 is 19.5 Å². The van der Waals surface area contributed by atoms with Crippen molar-refractivity contribution in [3.8, 4) is 5.75 Å². The fraction of sp³-hybridized carbons (Fsp3) is 0.600. The van der Waals surface area contributed by atoms with Gasteiger partial charge in [0, 0.05) is 18.0 Å². The molecule has 2 aliphatic rings. The zero-order chi connectivity index (χ0) is 19.1. The first-order valence-electron chi connectivity index (χ1n) is 9.09. The van der Waals surface area contributed by atoms with Crippen LogP contribution < -0.4 is 0 Å². The number of carbonyl (C=O) groups is 2. The normalized spacial score (nSPS) is 27.9. The molecule has 0 radical (unpaired) electrons. The summed E-state index contributed by atoms with van der Waals surface area (Å²) in [6.45, 7) is 5.52. The summed E-state index contributed by atoms with van der Waals surface area (Å²) in [4.78, 5) is 27.1. The molecule has 0 saturated carbocycles. The number of phenolic OH excluding ortho intramolecular Hbond substituents is 1. The van der Waals surface area contributed by atoms with Crippen LogP contribution in [0, 0.1) is 5.92 Å². The minimum atomic E-state index is -0.578. The number of hydrogen-bond acceptors (Lipinski definition) is 5. The number of piperidine rings is 1. The van der Waals surface area contributed by atoms with Crippen LogP contribution >= 0.6 is 0 Å². The Morgan fingerprint density at radius 2 is 1.81 bits per heavy atom. The maximum Gasteiger partial charge on any atom is 0.410 e. The second-order valence-corrected chi connectivity index (χ2v) is 8.17. The van der Waals surface area contributed by atoms with E-state index in [0.717, 1.165) is 18.4 Å². The lowest BCUT2D eigenvalue weighted by Gasteiger charge is -2.43. The molecule has 2 saturated heterocycles. The summed E-state index contributed by atoms with van der Waals surface area (Å²) in [6.07, 6.45) is 1.94. The van der Waals surface area contributed by atoms with Gasteiger partial charge >= 0.3 is 12.1 Å². The third kappa shape index (κ3) is 3.50. The van der Waals surface area contributed by atoms with E-state index in [2.05, 4.69) is 0 Å². The van der Waals surface area contributed by atoms with Gasteiger partial charge in [0.15, 0.2) is 0 Å². The van der Waals surface area contributed by atoms with E-state index in [1.165, 1.54) is 7.11 Å². The van der Waals surface area contributed by atoms with Gasteiger partial charge in [0.1, 0.15) is 11.4 Å². The second kappa shape index (κ2) is 6.82. The number of aromatic hydroxyl groups is 1. The SMILES string of the molecule is COC(=O)C1C(c2ccc(O)cc2)CC2CCC1N2C(=O)OC(C)(C)C. The van der Waals surface area contributed by atoms with Crippen LogP contribution in [-0.2, 0) is 14.3 Å². The van der Waals surface area contributed by atoms with Crippen molar-refractivity contribution >= 4 is 12.1 Å². The van der Waals surface area contributed by atoms with Gasteiger partial charge in [-0.2, -0.15) is 0 Å². The first kappa shape index (κ1) is 18.5. The Morgan fingerprint density at radius 3 is 2.38 bits per heavy atom. The fourth-order valence-electron chi connectivity index (χ4n) is 4.33. The number of ether oxygens (including phenoxy) is 2. The quantitative estimate of drug-likeness (QED) is 0.817. The molecule has 1 aromatic rings. The Morgan fingerprint density at radius 1 is 1.15 bits per heavy atom. The molecule has 2 bridgehead atoms. The van der Waals surface area contributed by atoms with Crippen LogP contribution in [0.25, 0.3) is 0 Å². The van der Waals surface area contributed by atoms with Crippen molar-refractivity contribution in [3.63, 3.8) is 0 Å². The van der Waals surface area contributed by atoms with Gasteiger partial charge in [-0.25, -0.2) is 4.79 Å². The lowest BCUT2D eigenvalue weighted by molar-refractivity contribution is -0.150. The van der Waals surface area contributed by atoms with E-state index >= 15 is 0 Å². The Hall–Kier alpha value is -2.24. The maximum absolute atomic E-state index is 12.7. The summed E-state index contributed by atoms with van der Waals surface area (Å²) in [6, 6.07) is 6.78. The number of benzene rings is 1. The van der Waals surface area contributed by atoms with Gasteiger partial charge in [0.05, 0.1) is 13.0 Å². The summed E-state index contributed by atoms with van der Waals surface area (Å²) >= 11 is 0. The predicted octanol–water partition coefficient (Wildman–Crippen LogP) is 3.44. The van der Waals surface area contributed by atoms with Gasteiger partial charge in [-0.3, -0.25) is 4.79 Å². The molecule has 0 spiro atoms. The predicted molar refractivity (Wildman–Crippen MR) is 95.9 cm³/mol. The van der Waals surface area contributed by atoms with Crippen LogP contribution in [0.15, 0.2) is 24.3 Å². The average molecular weight is 361 g/mol. The van der Waals surface area contributed by atoms with E-state index in [9.17, 15) is 14.7 Å². The molecule has 1 N–H and O–H groups in total. The molecule has 26 heavy (non-hydrogen) atoms. The van der Waals surface area contributed by atoms with Crippen molar-refractivity contribution < 1.29 is 24.2 Å². The van der Waals surface area contributed by atoms with Crippen molar-refractivity contribution in [2.45, 2.75) is 63.6 Å². The molecule has 4 unspecified atom stereocenters. The number of nitrogens with zero attached hydrogens (tertiary/aromatic N) is 1. The summed E-state index contributed by atoms with van der Waals surface area (Å²) in [5.74, 6) is -0.588. The highest BCUT2D eigenvalue weighted by Crippen LogP contribution is 2.48. The Balaban J connectivity index is 1.91. The molecule has 2 aliphatic heterocycles. The maximum atomic E-state index is 12.7. The molecule has 6 nitrogen and oxygen atoms in total. The van der Waals surface area contributed by atoms with Crippen molar-refractivity contribution in [1.82, 2.24) is 4.90 Å². The van der Waals surface area contributed by atoms with E-state index in [4.69, 9.17) is 9.47 Å². The van der Waals surface area contributed by atoms with Gasteiger partial charge in [0.25, 0.3) is 0 Å². The molecular weight excluding hydrogens is 334 g/mol. The minimum absolute atomic E-state index is 0.0424. The van der Waals surface area contributed by atoms with Gasteiger partial charge in [-0.1, -0.05) is 12.1 Å². The average Bonchev–Trinajstić information content (AvgIpc) is 2.87. The Labute approximate surface area is 154 Å². The number of methoxy groups -OCH3 is 1. The highest BCUT2D eigenvalue weighted by atomic mass is 16.6. The second-order valence-electron chi connectivity index (χ2n) is 8.17. The number of fused-ring (bicyclic) bond motifs is 2.